The van der Waals surface area contributed by atoms with Crippen molar-refractivity contribution in [1.29, 1.82) is 0 Å². The molecule has 28 heavy (non-hydrogen) atoms. The number of benzene rings is 3. The molecule has 138 valence electrons. The molecule has 3 aromatic carbocycles. The van der Waals surface area contributed by atoms with Crippen molar-refractivity contribution in [3.05, 3.63) is 95.2 Å². The van der Waals surface area contributed by atoms with Crippen molar-refractivity contribution in [2.45, 2.75) is 19.4 Å². The first-order valence-electron chi connectivity index (χ1n) is 9.42. The van der Waals surface area contributed by atoms with Crippen LogP contribution in [0.2, 0.25) is 0 Å². The van der Waals surface area contributed by atoms with E-state index in [1.807, 2.05) is 73.7 Å². The zero-order valence-corrected chi connectivity index (χ0v) is 15.5. The largest absolute Gasteiger partial charge is 0.457 e. The summed E-state index contributed by atoms with van der Waals surface area (Å²) in [6.45, 7) is 2.02. The lowest BCUT2D eigenvalue weighted by atomic mass is 9.94. The van der Waals surface area contributed by atoms with E-state index in [0.717, 1.165) is 44.8 Å². The number of fused-ring (bicyclic) bond motifs is 3. The van der Waals surface area contributed by atoms with Crippen LogP contribution < -0.4 is 10.1 Å². The molecule has 0 atom stereocenters. The number of carbonyl (C=O) groups excluding carboxylic acids is 1. The number of H-pyrrole nitrogens is 1. The van der Waals surface area contributed by atoms with E-state index in [2.05, 4.69) is 16.4 Å². The molecule has 0 bridgehead atoms. The molecule has 0 spiro atoms. The number of aryl methyl sites for hydroxylation is 1. The lowest BCUT2D eigenvalue weighted by Gasteiger charge is -2.28. The van der Waals surface area contributed by atoms with Gasteiger partial charge in [-0.2, -0.15) is 0 Å². The Morgan fingerprint density at radius 2 is 1.54 bits per heavy atom. The number of amides is 1. The number of nitrogens with one attached hydrogen (secondary N) is 2. The summed E-state index contributed by atoms with van der Waals surface area (Å²) in [5, 5.41) is 4.33. The molecular formula is C24H20N2O2. The molecule has 0 fully saturated rings. The number of hydrogen-bond donors (Lipinski definition) is 2. The highest BCUT2D eigenvalue weighted by Gasteiger charge is 2.28. The van der Waals surface area contributed by atoms with Crippen molar-refractivity contribution in [2.24, 2.45) is 0 Å². The van der Waals surface area contributed by atoms with Gasteiger partial charge in [0.2, 0.25) is 5.91 Å². The van der Waals surface area contributed by atoms with Gasteiger partial charge in [-0.1, -0.05) is 54.6 Å². The first-order valence-corrected chi connectivity index (χ1v) is 9.42. The summed E-state index contributed by atoms with van der Waals surface area (Å²) in [6, 6.07) is 23.6. The van der Waals surface area contributed by atoms with E-state index in [4.69, 9.17) is 4.74 Å². The Kier molecular flexibility index (Phi) is 3.90. The summed E-state index contributed by atoms with van der Waals surface area (Å²) in [7, 11) is 0. The van der Waals surface area contributed by atoms with Gasteiger partial charge < -0.3 is 15.0 Å². The molecule has 4 heteroatoms. The quantitative estimate of drug-likeness (QED) is 0.533. The van der Waals surface area contributed by atoms with E-state index >= 15 is 0 Å². The highest BCUT2D eigenvalue weighted by atomic mass is 16.5. The number of carbonyl (C=O) groups is 1. The molecule has 0 radical (unpaired) electrons. The van der Waals surface area contributed by atoms with Gasteiger partial charge in [0.15, 0.2) is 0 Å². The van der Waals surface area contributed by atoms with Crippen molar-refractivity contribution in [1.82, 2.24) is 10.3 Å². The van der Waals surface area contributed by atoms with Crippen LogP contribution in [0.15, 0.2) is 72.8 Å². The average molecular weight is 368 g/mol. The third-order valence-electron chi connectivity index (χ3n) is 5.35. The minimum atomic E-state index is -0.223. The van der Waals surface area contributed by atoms with Crippen LogP contribution in [0, 0.1) is 6.92 Å². The second-order valence-electron chi connectivity index (χ2n) is 7.13. The van der Waals surface area contributed by atoms with E-state index < -0.39 is 0 Å². The second kappa shape index (κ2) is 6.57. The van der Waals surface area contributed by atoms with Crippen molar-refractivity contribution < 1.29 is 9.53 Å². The van der Waals surface area contributed by atoms with Crippen LogP contribution in [-0.2, 0) is 11.2 Å². The van der Waals surface area contributed by atoms with Gasteiger partial charge in [0, 0.05) is 27.7 Å². The Morgan fingerprint density at radius 3 is 2.25 bits per heavy atom. The monoisotopic (exact) mass is 368 g/mol. The van der Waals surface area contributed by atoms with Crippen LogP contribution in [0.1, 0.15) is 28.4 Å². The Labute approximate surface area is 163 Å². The highest BCUT2D eigenvalue weighted by molar-refractivity contribution is 5.90. The van der Waals surface area contributed by atoms with Gasteiger partial charge in [-0.3, -0.25) is 4.79 Å². The SMILES string of the molecule is Cc1[nH]c2ccccc2c1CC(=O)NC1c2ccccc2Oc2ccccc21. The van der Waals surface area contributed by atoms with E-state index in [1.54, 1.807) is 0 Å². The molecule has 1 aliphatic heterocycles. The maximum absolute atomic E-state index is 13.0. The summed E-state index contributed by atoms with van der Waals surface area (Å²) in [5.74, 6) is 1.56. The smallest absolute Gasteiger partial charge is 0.225 e. The first kappa shape index (κ1) is 16.6. The molecule has 1 aromatic heterocycles. The Morgan fingerprint density at radius 1 is 0.929 bits per heavy atom. The molecule has 2 N–H and O–H groups in total. The number of aromatic amines is 1. The summed E-state index contributed by atoms with van der Waals surface area (Å²) < 4.78 is 6.02. The van der Waals surface area contributed by atoms with Gasteiger partial charge in [-0.25, -0.2) is 0 Å². The summed E-state index contributed by atoms with van der Waals surface area (Å²) in [5.41, 5.74) is 5.09. The molecule has 0 unspecified atom stereocenters. The zero-order chi connectivity index (χ0) is 19.1. The van der Waals surface area contributed by atoms with Gasteiger partial charge in [-0.05, 0) is 30.7 Å². The zero-order valence-electron chi connectivity index (χ0n) is 15.5. The molecule has 0 saturated carbocycles. The normalized spacial score (nSPS) is 12.9. The maximum atomic E-state index is 13.0. The lowest BCUT2D eigenvalue weighted by Crippen LogP contribution is -2.32. The van der Waals surface area contributed by atoms with Crippen molar-refractivity contribution >= 4 is 16.8 Å². The van der Waals surface area contributed by atoms with E-state index in [9.17, 15) is 4.79 Å². The number of para-hydroxylation sites is 3. The van der Waals surface area contributed by atoms with Gasteiger partial charge in [-0.15, -0.1) is 0 Å². The number of aromatic nitrogens is 1. The van der Waals surface area contributed by atoms with Crippen LogP contribution in [0.3, 0.4) is 0 Å². The summed E-state index contributed by atoms with van der Waals surface area (Å²) >= 11 is 0. The van der Waals surface area contributed by atoms with Crippen LogP contribution in [0.25, 0.3) is 10.9 Å². The Hall–Kier alpha value is -3.53. The Bertz CT molecular complexity index is 1150. The van der Waals surface area contributed by atoms with Crippen molar-refractivity contribution in [2.75, 3.05) is 0 Å². The molecule has 1 aliphatic rings. The molecule has 4 aromatic rings. The van der Waals surface area contributed by atoms with E-state index in [-0.39, 0.29) is 11.9 Å². The summed E-state index contributed by atoms with van der Waals surface area (Å²) in [4.78, 5) is 16.4. The van der Waals surface area contributed by atoms with E-state index in [1.165, 1.54) is 0 Å². The molecular weight excluding hydrogens is 348 g/mol. The fraction of sp³-hybridized carbons (Fsp3) is 0.125. The van der Waals surface area contributed by atoms with Crippen molar-refractivity contribution in [3.63, 3.8) is 0 Å². The predicted octanol–water partition coefficient (Wildman–Crippen LogP) is 5.03. The van der Waals surface area contributed by atoms with E-state index in [0.29, 0.717) is 6.42 Å². The number of hydrogen-bond acceptors (Lipinski definition) is 2. The van der Waals surface area contributed by atoms with Gasteiger partial charge in [0.05, 0.1) is 12.5 Å². The molecule has 0 saturated heterocycles. The molecule has 4 nitrogen and oxygen atoms in total. The minimum absolute atomic E-state index is 0.00985. The third kappa shape index (κ3) is 2.74. The molecule has 1 amide bonds. The van der Waals surface area contributed by atoms with Gasteiger partial charge in [0.1, 0.15) is 11.5 Å². The first-order chi connectivity index (χ1) is 13.7. The van der Waals surface area contributed by atoms with Crippen LogP contribution >= 0.6 is 0 Å². The van der Waals surface area contributed by atoms with Crippen LogP contribution in [0.5, 0.6) is 11.5 Å². The Balaban J connectivity index is 1.48. The molecule has 2 heterocycles. The lowest BCUT2D eigenvalue weighted by molar-refractivity contribution is -0.120. The molecule has 0 aliphatic carbocycles. The molecule has 5 rings (SSSR count). The highest BCUT2D eigenvalue weighted by Crippen LogP contribution is 2.42. The van der Waals surface area contributed by atoms with Crippen LogP contribution in [-0.4, -0.2) is 10.9 Å². The average Bonchev–Trinajstić information content (AvgIpc) is 3.03. The predicted molar refractivity (Wildman–Crippen MR) is 110 cm³/mol. The maximum Gasteiger partial charge on any atom is 0.225 e. The van der Waals surface area contributed by atoms with Crippen LogP contribution in [0.4, 0.5) is 0 Å². The number of ether oxygens (including phenoxy) is 1. The standard InChI is InChI=1S/C24H20N2O2/c1-15-19(16-8-2-5-11-20(16)25-15)14-23(27)26-24-17-9-3-6-12-21(17)28-22-13-7-4-10-18(22)24/h2-13,24-25H,14H2,1H3,(H,26,27). The minimum Gasteiger partial charge on any atom is -0.457 e. The van der Waals surface area contributed by atoms with Gasteiger partial charge >= 0.3 is 0 Å². The fourth-order valence-electron chi connectivity index (χ4n) is 4.00. The summed E-state index contributed by atoms with van der Waals surface area (Å²) in [6.07, 6.45) is 0.331. The third-order valence-corrected chi connectivity index (χ3v) is 5.35. The van der Waals surface area contributed by atoms with Crippen molar-refractivity contribution in [3.8, 4) is 11.5 Å². The number of rotatable bonds is 3. The topological polar surface area (TPSA) is 54.1 Å². The van der Waals surface area contributed by atoms with Gasteiger partial charge in [0.25, 0.3) is 0 Å². The second-order valence-corrected chi connectivity index (χ2v) is 7.13. The fourth-order valence-corrected chi connectivity index (χ4v) is 4.00.